The zero-order chi connectivity index (χ0) is 22.9. The lowest BCUT2D eigenvalue weighted by molar-refractivity contribution is 0.0392. The monoisotopic (exact) mass is 447 g/mol. The molecule has 174 valence electrons. The van der Waals surface area contributed by atoms with Crippen LogP contribution in [0.1, 0.15) is 34.5 Å². The van der Waals surface area contributed by atoms with Crippen molar-refractivity contribution in [2.24, 2.45) is 0 Å². The van der Waals surface area contributed by atoms with Crippen molar-refractivity contribution in [1.29, 1.82) is 0 Å². The maximum Gasteiger partial charge on any atom is 0.268 e. The lowest BCUT2D eigenvalue weighted by Gasteiger charge is -2.31. The van der Waals surface area contributed by atoms with Crippen LogP contribution in [0.15, 0.2) is 72.9 Å². The normalized spacial score (nSPS) is 14.4. The van der Waals surface area contributed by atoms with Gasteiger partial charge in [0.05, 0.1) is 0 Å². The Morgan fingerprint density at radius 2 is 1.85 bits per heavy atom. The number of amides is 1. The molecule has 0 saturated carbocycles. The number of hydrogen-bond acceptors (Lipinski definition) is 4. The lowest BCUT2D eigenvalue weighted by atomic mass is 10.1. The molecule has 6 heteroatoms. The largest absolute Gasteiger partial charge is 0.492 e. The summed E-state index contributed by atoms with van der Waals surface area (Å²) in [6.45, 7) is 4.33. The van der Waals surface area contributed by atoms with Gasteiger partial charge in [0.1, 0.15) is 18.1 Å². The molecular formula is C27H33N3O3. The van der Waals surface area contributed by atoms with E-state index < -0.39 is 0 Å². The van der Waals surface area contributed by atoms with Gasteiger partial charge in [-0.3, -0.25) is 9.69 Å². The minimum atomic E-state index is -0.0830. The van der Waals surface area contributed by atoms with Crippen molar-refractivity contribution in [3.05, 3.63) is 89.7 Å². The number of benzene rings is 2. The second kappa shape index (κ2) is 11.7. The van der Waals surface area contributed by atoms with Crippen LogP contribution in [-0.2, 0) is 17.8 Å². The Morgan fingerprint density at radius 3 is 2.67 bits per heavy atom. The molecule has 0 bridgehead atoms. The molecule has 1 amide bonds. The summed E-state index contributed by atoms with van der Waals surface area (Å²) in [6, 6.07) is 22.4. The van der Waals surface area contributed by atoms with Crippen molar-refractivity contribution in [3.63, 3.8) is 0 Å². The number of rotatable bonds is 10. The predicted molar refractivity (Wildman–Crippen MR) is 130 cm³/mol. The molecule has 6 nitrogen and oxygen atoms in total. The topological polar surface area (TPSA) is 55.7 Å². The van der Waals surface area contributed by atoms with Gasteiger partial charge >= 0.3 is 0 Å². The van der Waals surface area contributed by atoms with E-state index in [4.69, 9.17) is 9.47 Å². The third-order valence-corrected chi connectivity index (χ3v) is 6.14. The van der Waals surface area contributed by atoms with Crippen molar-refractivity contribution in [1.82, 2.24) is 14.8 Å². The number of nitrogens with one attached hydrogen (secondary N) is 1. The van der Waals surface area contributed by atoms with Crippen molar-refractivity contribution >= 4 is 5.91 Å². The molecule has 0 unspecified atom stereocenters. The summed E-state index contributed by atoms with van der Waals surface area (Å²) in [5.41, 5.74) is 2.83. The fraction of sp³-hybridized carbons (Fsp3) is 0.370. The Kier molecular flexibility index (Phi) is 8.17. The number of aromatic nitrogens is 1. The van der Waals surface area contributed by atoms with Crippen LogP contribution >= 0.6 is 0 Å². The molecule has 1 fully saturated rings. The molecule has 4 rings (SSSR count). The van der Waals surface area contributed by atoms with Gasteiger partial charge in [-0.1, -0.05) is 42.5 Å². The molecule has 0 spiro atoms. The molecule has 33 heavy (non-hydrogen) atoms. The molecule has 3 aromatic rings. The van der Waals surface area contributed by atoms with Gasteiger partial charge in [-0.05, 0) is 55.3 Å². The average Bonchev–Trinajstić information content (AvgIpc) is 3.32. The van der Waals surface area contributed by atoms with Crippen molar-refractivity contribution in [2.75, 3.05) is 33.4 Å². The first-order chi connectivity index (χ1) is 16.2. The Labute approximate surface area is 196 Å². The Hall–Kier alpha value is -3.09. The number of carbonyl (C=O) groups is 1. The summed E-state index contributed by atoms with van der Waals surface area (Å²) < 4.78 is 13.4. The van der Waals surface area contributed by atoms with Gasteiger partial charge in [-0.15, -0.1) is 0 Å². The maximum atomic E-state index is 12.8. The second-order valence-electron chi connectivity index (χ2n) is 8.51. The molecule has 1 aromatic heterocycles. The van der Waals surface area contributed by atoms with Crippen molar-refractivity contribution in [2.45, 2.75) is 32.0 Å². The third-order valence-electron chi connectivity index (χ3n) is 6.14. The maximum absolute atomic E-state index is 12.8. The van der Waals surface area contributed by atoms with Crippen LogP contribution in [-0.4, -0.2) is 54.8 Å². The highest BCUT2D eigenvalue weighted by Crippen LogP contribution is 2.16. The Balaban J connectivity index is 1.26. The van der Waals surface area contributed by atoms with E-state index in [0.717, 1.165) is 49.5 Å². The first-order valence-corrected chi connectivity index (χ1v) is 11.7. The van der Waals surface area contributed by atoms with Crippen molar-refractivity contribution in [3.8, 4) is 5.75 Å². The quantitative estimate of drug-likeness (QED) is 0.511. The first kappa shape index (κ1) is 23.1. The summed E-state index contributed by atoms with van der Waals surface area (Å²) >= 11 is 0. The number of nitrogens with zero attached hydrogens (tertiary/aromatic N) is 2. The lowest BCUT2D eigenvalue weighted by Crippen LogP contribution is -2.38. The van der Waals surface area contributed by atoms with E-state index in [1.54, 1.807) is 0 Å². The van der Waals surface area contributed by atoms with Gasteiger partial charge in [-0.25, -0.2) is 0 Å². The van der Waals surface area contributed by atoms with E-state index in [2.05, 4.69) is 29.4 Å². The standard InChI is InChI=1S/C27H33N3O3/c1-29(24-12-16-32-17-13-24)15-18-33-25-10-5-9-23(19-25)20-28-27(31)26-11-6-14-30(26)21-22-7-3-2-4-8-22/h2-11,14,19,24H,12-13,15-18,20-21H2,1H3,(H,28,31). The van der Waals surface area contributed by atoms with Gasteiger partial charge in [0, 0.05) is 45.1 Å². The molecular weight excluding hydrogens is 414 g/mol. The van der Waals surface area contributed by atoms with Crippen LogP contribution in [0.3, 0.4) is 0 Å². The molecule has 1 saturated heterocycles. The van der Waals surface area contributed by atoms with Crippen LogP contribution in [0.4, 0.5) is 0 Å². The summed E-state index contributed by atoms with van der Waals surface area (Å²) in [4.78, 5) is 15.2. The van der Waals surface area contributed by atoms with Gasteiger partial charge in [0.25, 0.3) is 5.91 Å². The highest BCUT2D eigenvalue weighted by molar-refractivity contribution is 5.92. The van der Waals surface area contributed by atoms with Crippen LogP contribution < -0.4 is 10.1 Å². The van der Waals surface area contributed by atoms with Crippen LogP contribution in [0.5, 0.6) is 5.75 Å². The molecule has 2 heterocycles. The van der Waals surface area contributed by atoms with Gasteiger partial charge in [0.2, 0.25) is 0 Å². The molecule has 2 aromatic carbocycles. The smallest absolute Gasteiger partial charge is 0.268 e. The van der Waals surface area contributed by atoms with Gasteiger partial charge < -0.3 is 19.4 Å². The Morgan fingerprint density at radius 1 is 1.06 bits per heavy atom. The second-order valence-corrected chi connectivity index (χ2v) is 8.51. The van der Waals surface area contributed by atoms with Crippen LogP contribution in [0, 0.1) is 0 Å². The number of carbonyl (C=O) groups excluding carboxylic acids is 1. The van der Waals surface area contributed by atoms with Gasteiger partial charge in [0.15, 0.2) is 0 Å². The van der Waals surface area contributed by atoms with Crippen LogP contribution in [0.2, 0.25) is 0 Å². The van der Waals surface area contributed by atoms with Crippen molar-refractivity contribution < 1.29 is 14.3 Å². The predicted octanol–water partition coefficient (Wildman–Crippen LogP) is 3.96. The minimum Gasteiger partial charge on any atom is -0.492 e. The van der Waals surface area contributed by atoms with E-state index in [-0.39, 0.29) is 5.91 Å². The summed E-state index contributed by atoms with van der Waals surface area (Å²) in [7, 11) is 2.15. The SMILES string of the molecule is CN(CCOc1cccc(CNC(=O)c2cccn2Cc2ccccc2)c1)C1CCOCC1. The Bertz CT molecular complexity index is 1010. The van der Waals surface area contributed by atoms with Crippen LogP contribution in [0.25, 0.3) is 0 Å². The summed E-state index contributed by atoms with van der Waals surface area (Å²) in [5, 5.41) is 3.04. The average molecular weight is 448 g/mol. The molecule has 1 aliphatic rings. The number of ether oxygens (including phenoxy) is 2. The molecule has 0 aliphatic carbocycles. The number of likely N-dealkylation sites (N-methyl/N-ethyl adjacent to an activating group) is 1. The number of hydrogen-bond donors (Lipinski definition) is 1. The fourth-order valence-corrected chi connectivity index (χ4v) is 4.17. The first-order valence-electron chi connectivity index (χ1n) is 11.7. The van der Waals surface area contributed by atoms with E-state index in [9.17, 15) is 4.79 Å². The molecule has 0 radical (unpaired) electrons. The highest BCUT2D eigenvalue weighted by atomic mass is 16.5. The van der Waals surface area contributed by atoms with E-state index in [1.807, 2.05) is 65.4 Å². The van der Waals surface area contributed by atoms with E-state index >= 15 is 0 Å². The van der Waals surface area contributed by atoms with Gasteiger partial charge in [-0.2, -0.15) is 0 Å². The fourth-order valence-electron chi connectivity index (χ4n) is 4.17. The summed E-state index contributed by atoms with van der Waals surface area (Å²) in [5.74, 6) is 0.745. The summed E-state index contributed by atoms with van der Waals surface area (Å²) in [6.07, 6.45) is 4.11. The van der Waals surface area contributed by atoms with E-state index in [0.29, 0.717) is 31.4 Å². The van der Waals surface area contributed by atoms with E-state index in [1.165, 1.54) is 0 Å². The zero-order valence-corrected chi connectivity index (χ0v) is 19.3. The molecule has 1 aliphatic heterocycles. The third kappa shape index (κ3) is 6.70. The molecule has 1 N–H and O–H groups in total. The zero-order valence-electron chi connectivity index (χ0n) is 19.3. The minimum absolute atomic E-state index is 0.0830. The highest BCUT2D eigenvalue weighted by Gasteiger charge is 2.18. The molecule has 0 atom stereocenters.